The van der Waals surface area contributed by atoms with Crippen molar-refractivity contribution in [1.82, 2.24) is 4.98 Å². The van der Waals surface area contributed by atoms with Gasteiger partial charge in [0, 0.05) is 22.2 Å². The maximum absolute atomic E-state index is 12.6. The van der Waals surface area contributed by atoms with E-state index in [1.807, 2.05) is 0 Å². The number of rotatable bonds is 7. The van der Waals surface area contributed by atoms with E-state index in [0.717, 1.165) is 25.0 Å². The van der Waals surface area contributed by atoms with Gasteiger partial charge in [-0.25, -0.2) is 4.98 Å². The molecule has 1 aliphatic carbocycles. The third-order valence-electron chi connectivity index (χ3n) is 5.16. The summed E-state index contributed by atoms with van der Waals surface area (Å²) in [5.74, 6) is 0.661. The lowest BCUT2D eigenvalue weighted by molar-refractivity contribution is -0.118. The Morgan fingerprint density at radius 1 is 1.00 bits per heavy atom. The Labute approximate surface area is 190 Å². The van der Waals surface area contributed by atoms with Crippen LogP contribution in [0.4, 0.5) is 10.8 Å². The molecule has 0 radical (unpaired) electrons. The largest absolute Gasteiger partial charge is 0.497 e. The van der Waals surface area contributed by atoms with Gasteiger partial charge in [-0.15, -0.1) is 11.3 Å². The molecule has 0 saturated heterocycles. The molecule has 32 heavy (non-hydrogen) atoms. The summed E-state index contributed by atoms with van der Waals surface area (Å²) in [6.45, 7) is -0.145. The number of aryl methyl sites for hydroxylation is 2. The van der Waals surface area contributed by atoms with Gasteiger partial charge in [0.25, 0.3) is 11.8 Å². The summed E-state index contributed by atoms with van der Waals surface area (Å²) in [7, 11) is 1.57. The van der Waals surface area contributed by atoms with Crippen LogP contribution in [0.5, 0.6) is 11.5 Å². The first kappa shape index (κ1) is 21.8. The van der Waals surface area contributed by atoms with E-state index < -0.39 is 0 Å². The van der Waals surface area contributed by atoms with Gasteiger partial charge in [0.05, 0.1) is 12.8 Å². The second-order valence-electron chi connectivity index (χ2n) is 7.50. The number of methoxy groups -OCH3 is 1. The van der Waals surface area contributed by atoms with E-state index in [2.05, 4.69) is 15.6 Å². The second kappa shape index (κ2) is 10.3. The Kier molecular flexibility index (Phi) is 7.01. The molecular formula is C24H25N3O4S. The van der Waals surface area contributed by atoms with Crippen molar-refractivity contribution in [2.24, 2.45) is 0 Å². The van der Waals surface area contributed by atoms with Gasteiger partial charge in [0.1, 0.15) is 11.5 Å². The highest BCUT2D eigenvalue weighted by molar-refractivity contribution is 7.15. The fraction of sp³-hybridized carbons (Fsp3) is 0.292. The second-order valence-corrected chi connectivity index (χ2v) is 8.58. The van der Waals surface area contributed by atoms with Gasteiger partial charge in [-0.05, 0) is 62.1 Å². The maximum atomic E-state index is 12.6. The average Bonchev–Trinajstić information content (AvgIpc) is 3.05. The first-order valence-electron chi connectivity index (χ1n) is 10.6. The Morgan fingerprint density at radius 2 is 1.81 bits per heavy atom. The lowest BCUT2D eigenvalue weighted by Crippen LogP contribution is -2.20. The first-order valence-corrected chi connectivity index (χ1v) is 11.4. The van der Waals surface area contributed by atoms with Crippen molar-refractivity contribution in [1.29, 1.82) is 0 Å². The normalized spacial score (nSPS) is 12.9. The molecule has 3 aromatic rings. The van der Waals surface area contributed by atoms with Crippen molar-refractivity contribution in [3.05, 3.63) is 64.7 Å². The molecule has 2 aromatic carbocycles. The number of aromatic nitrogens is 1. The Balaban J connectivity index is 1.29. The smallest absolute Gasteiger partial charge is 0.262 e. The SMILES string of the molecule is COc1cccc(NC(=O)COc2ccc(C(=O)Nc3nc4c(s3)CCCCC4)cc2)c1. The zero-order valence-electron chi connectivity index (χ0n) is 17.8. The molecule has 1 aromatic heterocycles. The molecule has 0 unspecified atom stereocenters. The van der Waals surface area contributed by atoms with Gasteiger partial charge in [-0.3, -0.25) is 14.9 Å². The lowest BCUT2D eigenvalue weighted by Gasteiger charge is -2.09. The van der Waals surface area contributed by atoms with Crippen LogP contribution in [0.15, 0.2) is 48.5 Å². The molecular weight excluding hydrogens is 426 g/mol. The number of nitrogens with one attached hydrogen (secondary N) is 2. The van der Waals surface area contributed by atoms with E-state index >= 15 is 0 Å². The number of carbonyl (C=O) groups is 2. The monoisotopic (exact) mass is 451 g/mol. The molecule has 0 fully saturated rings. The first-order chi connectivity index (χ1) is 15.6. The predicted molar refractivity (Wildman–Crippen MR) is 125 cm³/mol. The van der Waals surface area contributed by atoms with Crippen LogP contribution in [-0.4, -0.2) is 30.5 Å². The number of benzene rings is 2. The number of hydrogen-bond acceptors (Lipinski definition) is 6. The van der Waals surface area contributed by atoms with Gasteiger partial charge in [0.2, 0.25) is 0 Å². The number of ether oxygens (including phenoxy) is 2. The highest BCUT2D eigenvalue weighted by atomic mass is 32.1. The number of hydrogen-bond donors (Lipinski definition) is 2. The van der Waals surface area contributed by atoms with Crippen LogP contribution in [-0.2, 0) is 17.6 Å². The predicted octanol–water partition coefficient (Wildman–Crippen LogP) is 4.69. The Bertz CT molecular complexity index is 1070. The fourth-order valence-electron chi connectivity index (χ4n) is 3.50. The van der Waals surface area contributed by atoms with Crippen LogP contribution in [0.25, 0.3) is 0 Å². The lowest BCUT2D eigenvalue weighted by atomic mass is 10.2. The molecule has 0 bridgehead atoms. The average molecular weight is 452 g/mol. The number of amides is 2. The number of anilines is 2. The molecule has 4 rings (SSSR count). The molecule has 1 aliphatic rings. The molecule has 1 heterocycles. The Hall–Kier alpha value is -3.39. The number of carbonyl (C=O) groups excluding carboxylic acids is 2. The van der Waals surface area contributed by atoms with E-state index in [9.17, 15) is 9.59 Å². The molecule has 0 aliphatic heterocycles. The van der Waals surface area contributed by atoms with Gasteiger partial charge < -0.3 is 14.8 Å². The highest BCUT2D eigenvalue weighted by Gasteiger charge is 2.16. The van der Waals surface area contributed by atoms with Crippen LogP contribution in [0.1, 0.15) is 40.2 Å². The fourth-order valence-corrected chi connectivity index (χ4v) is 4.55. The Morgan fingerprint density at radius 3 is 2.62 bits per heavy atom. The summed E-state index contributed by atoms with van der Waals surface area (Å²) >= 11 is 1.57. The van der Waals surface area contributed by atoms with Crippen molar-refractivity contribution in [3.8, 4) is 11.5 Å². The van der Waals surface area contributed by atoms with E-state index in [0.29, 0.717) is 27.9 Å². The zero-order valence-corrected chi connectivity index (χ0v) is 18.7. The molecule has 0 atom stereocenters. The van der Waals surface area contributed by atoms with Crippen molar-refractivity contribution in [2.45, 2.75) is 32.1 Å². The van der Waals surface area contributed by atoms with Crippen molar-refractivity contribution in [3.63, 3.8) is 0 Å². The zero-order chi connectivity index (χ0) is 22.3. The van der Waals surface area contributed by atoms with Crippen molar-refractivity contribution < 1.29 is 19.1 Å². The molecule has 2 N–H and O–H groups in total. The summed E-state index contributed by atoms with van der Waals surface area (Å²) in [5, 5.41) is 6.30. The molecule has 166 valence electrons. The van der Waals surface area contributed by atoms with Crippen LogP contribution >= 0.6 is 11.3 Å². The van der Waals surface area contributed by atoms with Crippen LogP contribution in [0.3, 0.4) is 0 Å². The number of fused-ring (bicyclic) bond motifs is 1. The van der Waals surface area contributed by atoms with Gasteiger partial charge in [0.15, 0.2) is 11.7 Å². The van der Waals surface area contributed by atoms with Crippen molar-refractivity contribution >= 4 is 34.0 Å². The maximum Gasteiger partial charge on any atom is 0.262 e. The molecule has 0 spiro atoms. The third kappa shape index (κ3) is 5.64. The minimum atomic E-state index is -0.288. The molecule has 8 heteroatoms. The molecule has 0 saturated carbocycles. The van der Waals surface area contributed by atoms with E-state index in [1.54, 1.807) is 67.0 Å². The topological polar surface area (TPSA) is 89.5 Å². The summed E-state index contributed by atoms with van der Waals surface area (Å²) in [6, 6.07) is 13.8. The highest BCUT2D eigenvalue weighted by Crippen LogP contribution is 2.29. The van der Waals surface area contributed by atoms with E-state index in [1.165, 1.54) is 17.7 Å². The molecule has 2 amide bonds. The van der Waals surface area contributed by atoms with Crippen molar-refractivity contribution in [2.75, 3.05) is 24.4 Å². The van der Waals surface area contributed by atoms with E-state index in [4.69, 9.17) is 9.47 Å². The summed E-state index contributed by atoms with van der Waals surface area (Å²) in [6.07, 6.45) is 5.60. The number of thiazole rings is 1. The molecule has 7 nitrogen and oxygen atoms in total. The summed E-state index contributed by atoms with van der Waals surface area (Å²) < 4.78 is 10.7. The summed E-state index contributed by atoms with van der Waals surface area (Å²) in [4.78, 5) is 30.6. The van der Waals surface area contributed by atoms with Gasteiger partial charge in [-0.2, -0.15) is 0 Å². The minimum absolute atomic E-state index is 0.145. The quantitative estimate of drug-likeness (QED) is 0.509. The van der Waals surface area contributed by atoms with Gasteiger partial charge in [-0.1, -0.05) is 12.5 Å². The summed E-state index contributed by atoms with van der Waals surface area (Å²) in [5.41, 5.74) is 2.26. The van der Waals surface area contributed by atoms with Gasteiger partial charge >= 0.3 is 0 Å². The van der Waals surface area contributed by atoms with Crippen LogP contribution < -0.4 is 20.1 Å². The van der Waals surface area contributed by atoms with Crippen LogP contribution in [0.2, 0.25) is 0 Å². The van der Waals surface area contributed by atoms with E-state index in [-0.39, 0.29) is 18.4 Å². The standard InChI is InChI=1S/C24H25N3O4S/c1-30-19-7-5-6-17(14-19)25-22(28)15-31-18-12-10-16(11-13-18)23(29)27-24-26-20-8-3-2-4-9-21(20)32-24/h5-7,10-14H,2-4,8-9,15H2,1H3,(H,25,28)(H,26,27,29). The third-order valence-corrected chi connectivity index (χ3v) is 6.23. The minimum Gasteiger partial charge on any atom is -0.497 e. The number of nitrogens with zero attached hydrogens (tertiary/aromatic N) is 1. The van der Waals surface area contributed by atoms with Crippen LogP contribution in [0, 0.1) is 0 Å².